The van der Waals surface area contributed by atoms with Gasteiger partial charge in [0.25, 0.3) is 0 Å². The Morgan fingerprint density at radius 2 is 1.94 bits per heavy atom. The Morgan fingerprint density at radius 3 is 2.28 bits per heavy atom. The quantitative estimate of drug-likeness (QED) is 0.789. The van der Waals surface area contributed by atoms with Crippen LogP contribution in [0.3, 0.4) is 0 Å². The third kappa shape index (κ3) is 1.82. The number of carbonyl (C=O) groups is 1. The zero-order chi connectivity index (χ0) is 13.6. The molecule has 0 bridgehead atoms. The van der Waals surface area contributed by atoms with E-state index >= 15 is 0 Å². The number of nitrogens with zero attached hydrogens (tertiary/aromatic N) is 1. The maximum Gasteiger partial charge on any atom is 0.153 e. The highest BCUT2D eigenvalue weighted by Gasteiger charge is 2.71. The molecule has 18 heavy (non-hydrogen) atoms. The Kier molecular flexibility index (Phi) is 2.96. The van der Waals surface area contributed by atoms with Crippen LogP contribution in [0, 0.1) is 16.7 Å². The number of nitriles is 1. The first kappa shape index (κ1) is 13.1. The minimum atomic E-state index is -3.46. The first-order chi connectivity index (χ1) is 8.36. The molecular weight excluding hydrogens is 274 g/mol. The normalized spacial score (nSPS) is 30.5. The molecule has 1 fully saturated rings. The standard InChI is InChI=1S/C12H10ClNO3S/c1-18(16,17)11-10(12(11,6-14)7-15)8-2-4-9(13)5-3-8/h2-5,7,10-11H,1H3/t10-,11+,12+/m1/s1. The number of rotatable bonds is 3. The highest BCUT2D eigenvalue weighted by atomic mass is 35.5. The van der Waals surface area contributed by atoms with Gasteiger partial charge < -0.3 is 4.79 Å². The summed E-state index contributed by atoms with van der Waals surface area (Å²) in [5.41, 5.74) is -0.815. The highest BCUT2D eigenvalue weighted by Crippen LogP contribution is 2.61. The molecule has 0 N–H and O–H groups in total. The molecule has 0 spiro atoms. The molecule has 1 aromatic carbocycles. The Balaban J connectivity index is 2.49. The van der Waals surface area contributed by atoms with E-state index in [4.69, 9.17) is 16.9 Å². The van der Waals surface area contributed by atoms with Crippen LogP contribution in [0.4, 0.5) is 0 Å². The van der Waals surface area contributed by atoms with Crippen molar-refractivity contribution in [2.45, 2.75) is 11.2 Å². The second-order valence-electron chi connectivity index (χ2n) is 4.44. The van der Waals surface area contributed by atoms with E-state index in [1.807, 2.05) is 6.07 Å². The fourth-order valence-electron chi connectivity index (χ4n) is 2.40. The third-order valence-corrected chi connectivity index (χ3v) is 5.09. The molecule has 94 valence electrons. The van der Waals surface area contributed by atoms with Crippen LogP contribution in [0.1, 0.15) is 11.5 Å². The van der Waals surface area contributed by atoms with Gasteiger partial charge in [0.05, 0.1) is 11.3 Å². The van der Waals surface area contributed by atoms with Crippen molar-refractivity contribution in [2.75, 3.05) is 6.26 Å². The van der Waals surface area contributed by atoms with Gasteiger partial charge >= 0.3 is 0 Å². The number of sulfone groups is 1. The Hall–Kier alpha value is -1.38. The summed E-state index contributed by atoms with van der Waals surface area (Å²) < 4.78 is 23.3. The number of benzene rings is 1. The molecule has 1 aromatic rings. The molecule has 4 nitrogen and oxygen atoms in total. The summed E-state index contributed by atoms with van der Waals surface area (Å²) in [5.74, 6) is -0.604. The Morgan fingerprint density at radius 1 is 1.39 bits per heavy atom. The molecule has 0 heterocycles. The van der Waals surface area contributed by atoms with Crippen molar-refractivity contribution in [2.24, 2.45) is 5.41 Å². The zero-order valence-corrected chi connectivity index (χ0v) is 11.1. The van der Waals surface area contributed by atoms with E-state index in [9.17, 15) is 13.2 Å². The van der Waals surface area contributed by atoms with Gasteiger partial charge in [0.15, 0.2) is 9.84 Å². The highest BCUT2D eigenvalue weighted by molar-refractivity contribution is 7.91. The van der Waals surface area contributed by atoms with Crippen molar-refractivity contribution in [3.8, 4) is 6.07 Å². The van der Waals surface area contributed by atoms with E-state index in [1.165, 1.54) is 0 Å². The van der Waals surface area contributed by atoms with Gasteiger partial charge in [-0.2, -0.15) is 5.26 Å². The minimum Gasteiger partial charge on any atom is -0.302 e. The number of aldehydes is 1. The average molecular weight is 284 g/mol. The molecule has 0 aliphatic heterocycles. The van der Waals surface area contributed by atoms with Crippen molar-refractivity contribution in [3.05, 3.63) is 34.9 Å². The molecular formula is C12H10ClNO3S. The number of hydrogen-bond donors (Lipinski definition) is 0. The Bertz CT molecular complexity index is 632. The second-order valence-corrected chi connectivity index (χ2v) is 7.05. The monoisotopic (exact) mass is 283 g/mol. The molecule has 0 radical (unpaired) electrons. The lowest BCUT2D eigenvalue weighted by molar-refractivity contribution is -0.110. The van der Waals surface area contributed by atoms with Gasteiger partial charge in [0.2, 0.25) is 0 Å². The largest absolute Gasteiger partial charge is 0.302 e. The maximum atomic E-state index is 11.6. The SMILES string of the molecule is CS(=O)(=O)[C@H]1[C@@H](c2ccc(Cl)cc2)[C@]1(C#N)C=O. The molecule has 0 saturated heterocycles. The van der Waals surface area contributed by atoms with Crippen molar-refractivity contribution < 1.29 is 13.2 Å². The fraction of sp³-hybridized carbons (Fsp3) is 0.333. The summed E-state index contributed by atoms with van der Waals surface area (Å²) in [4.78, 5) is 11.1. The second kappa shape index (κ2) is 4.08. The van der Waals surface area contributed by atoms with E-state index in [0.29, 0.717) is 16.9 Å². The lowest BCUT2D eigenvalue weighted by atomic mass is 10.0. The molecule has 6 heteroatoms. The van der Waals surface area contributed by atoms with Crippen LogP contribution < -0.4 is 0 Å². The zero-order valence-electron chi connectivity index (χ0n) is 9.50. The molecule has 0 aromatic heterocycles. The predicted molar refractivity (Wildman–Crippen MR) is 66.9 cm³/mol. The van der Waals surface area contributed by atoms with Crippen molar-refractivity contribution in [3.63, 3.8) is 0 Å². The molecule has 1 aliphatic carbocycles. The van der Waals surface area contributed by atoms with Gasteiger partial charge in [-0.1, -0.05) is 23.7 Å². The number of hydrogen-bond acceptors (Lipinski definition) is 4. The van der Waals surface area contributed by atoms with Gasteiger partial charge in [-0.15, -0.1) is 0 Å². The van der Waals surface area contributed by atoms with Crippen LogP contribution >= 0.6 is 11.6 Å². The van der Waals surface area contributed by atoms with E-state index < -0.39 is 26.4 Å². The summed E-state index contributed by atoms with van der Waals surface area (Å²) in [6, 6.07) is 8.36. The Labute approximate surface area is 110 Å². The molecule has 0 amide bonds. The molecule has 1 saturated carbocycles. The van der Waals surface area contributed by atoms with Gasteiger partial charge in [-0.05, 0) is 17.7 Å². The van der Waals surface area contributed by atoms with E-state index in [1.54, 1.807) is 24.3 Å². The van der Waals surface area contributed by atoms with Crippen LogP contribution in [0.15, 0.2) is 24.3 Å². The summed E-state index contributed by atoms with van der Waals surface area (Å²) in [6.07, 6.45) is 1.49. The number of carbonyl (C=O) groups excluding carboxylic acids is 1. The van der Waals surface area contributed by atoms with Crippen LogP contribution in [0.25, 0.3) is 0 Å². The smallest absolute Gasteiger partial charge is 0.153 e. The molecule has 3 atom stereocenters. The summed E-state index contributed by atoms with van der Waals surface area (Å²) in [7, 11) is -3.46. The summed E-state index contributed by atoms with van der Waals surface area (Å²) >= 11 is 5.75. The van der Waals surface area contributed by atoms with E-state index in [-0.39, 0.29) is 0 Å². The minimum absolute atomic E-state index is 0.442. The van der Waals surface area contributed by atoms with Crippen LogP contribution in [-0.4, -0.2) is 26.2 Å². The molecule has 0 unspecified atom stereocenters. The lowest BCUT2D eigenvalue weighted by Crippen LogP contribution is -2.14. The lowest BCUT2D eigenvalue weighted by Gasteiger charge is -1.99. The van der Waals surface area contributed by atoms with E-state index in [2.05, 4.69) is 0 Å². The van der Waals surface area contributed by atoms with Crippen LogP contribution in [0.5, 0.6) is 0 Å². The van der Waals surface area contributed by atoms with Crippen LogP contribution in [-0.2, 0) is 14.6 Å². The number of halogens is 1. The molecule has 2 rings (SSSR count). The van der Waals surface area contributed by atoms with E-state index in [0.717, 1.165) is 6.26 Å². The predicted octanol–water partition coefficient (Wildman–Crippen LogP) is 1.56. The van der Waals surface area contributed by atoms with Crippen molar-refractivity contribution in [1.29, 1.82) is 5.26 Å². The average Bonchev–Trinajstić information content (AvgIpc) is 3.00. The van der Waals surface area contributed by atoms with Gasteiger partial charge in [-0.25, -0.2) is 8.42 Å². The maximum absolute atomic E-state index is 11.6. The molecule has 1 aliphatic rings. The van der Waals surface area contributed by atoms with Crippen molar-refractivity contribution >= 4 is 27.7 Å². The first-order valence-corrected chi connectivity index (χ1v) is 7.52. The topological polar surface area (TPSA) is 75.0 Å². The fourth-order valence-corrected chi connectivity index (χ4v) is 4.28. The third-order valence-electron chi connectivity index (χ3n) is 3.26. The van der Waals surface area contributed by atoms with Gasteiger partial charge in [-0.3, -0.25) is 0 Å². The summed E-state index contributed by atoms with van der Waals surface area (Å²) in [6.45, 7) is 0. The van der Waals surface area contributed by atoms with Crippen LogP contribution in [0.2, 0.25) is 5.02 Å². The van der Waals surface area contributed by atoms with Gasteiger partial charge in [0, 0.05) is 17.2 Å². The summed E-state index contributed by atoms with van der Waals surface area (Å²) in [5, 5.41) is 8.66. The van der Waals surface area contributed by atoms with Gasteiger partial charge in [0.1, 0.15) is 11.7 Å². The first-order valence-electron chi connectivity index (χ1n) is 5.18. The van der Waals surface area contributed by atoms with Crippen molar-refractivity contribution in [1.82, 2.24) is 0 Å².